The number of hydrogen-bond donors (Lipinski definition) is 1. The van der Waals surface area contributed by atoms with Crippen LogP contribution in [0.1, 0.15) is 41.5 Å². The summed E-state index contributed by atoms with van der Waals surface area (Å²) in [6, 6.07) is 12.0. The molecule has 0 saturated carbocycles. The van der Waals surface area contributed by atoms with Crippen LogP contribution >= 0.6 is 0 Å². The Morgan fingerprint density at radius 1 is 1.14 bits per heavy atom. The van der Waals surface area contributed by atoms with Crippen molar-refractivity contribution in [3.8, 4) is 5.69 Å². The van der Waals surface area contributed by atoms with Crippen molar-refractivity contribution in [2.75, 3.05) is 6.54 Å². The molecule has 0 fully saturated rings. The van der Waals surface area contributed by atoms with E-state index in [1.807, 2.05) is 65.1 Å². The molecule has 3 heterocycles. The fraction of sp³-hybridized carbons (Fsp3) is 0.273. The Balaban J connectivity index is 1.41. The van der Waals surface area contributed by atoms with Gasteiger partial charge in [-0.1, -0.05) is 18.2 Å². The summed E-state index contributed by atoms with van der Waals surface area (Å²) in [5.74, 6) is -0.121. The van der Waals surface area contributed by atoms with Crippen LogP contribution in [0, 0.1) is 6.92 Å². The number of aromatic nitrogens is 5. The SMILES string of the molecule is Cc1nc2c(cnn2C(C)C)cc1C(=O)NCCc1cnn(-c2ccccc2)c1. The molecule has 1 N–H and O–H groups in total. The summed E-state index contributed by atoms with van der Waals surface area (Å²) in [7, 11) is 0. The van der Waals surface area contributed by atoms with E-state index in [1.54, 1.807) is 6.20 Å². The highest BCUT2D eigenvalue weighted by atomic mass is 16.1. The fourth-order valence-electron chi connectivity index (χ4n) is 3.30. The molecule has 0 aliphatic rings. The first-order valence-electron chi connectivity index (χ1n) is 9.75. The predicted octanol–water partition coefficient (Wildman–Crippen LogP) is 3.48. The van der Waals surface area contributed by atoms with Crippen molar-refractivity contribution in [3.63, 3.8) is 0 Å². The highest BCUT2D eigenvalue weighted by Crippen LogP contribution is 2.19. The van der Waals surface area contributed by atoms with Crippen molar-refractivity contribution < 1.29 is 4.79 Å². The molecule has 0 bridgehead atoms. The van der Waals surface area contributed by atoms with Crippen LogP contribution in [0.4, 0.5) is 0 Å². The molecule has 7 nitrogen and oxygen atoms in total. The van der Waals surface area contributed by atoms with Gasteiger partial charge in [0.25, 0.3) is 5.91 Å². The van der Waals surface area contributed by atoms with Gasteiger partial charge in [-0.3, -0.25) is 4.79 Å². The standard InChI is InChI=1S/C22H24N6O/c1-15(2)28-21-18(13-25-28)11-20(16(3)26-21)22(29)23-10-9-17-12-24-27(14-17)19-7-5-4-6-8-19/h4-8,11-15H,9-10H2,1-3H3,(H,23,29). The van der Waals surface area contributed by atoms with Gasteiger partial charge in [-0.25, -0.2) is 14.3 Å². The van der Waals surface area contributed by atoms with Gasteiger partial charge in [0.2, 0.25) is 0 Å². The van der Waals surface area contributed by atoms with Crippen LogP contribution in [0.5, 0.6) is 0 Å². The van der Waals surface area contributed by atoms with Crippen molar-refractivity contribution >= 4 is 16.9 Å². The zero-order chi connectivity index (χ0) is 20.4. The van der Waals surface area contributed by atoms with Crippen LogP contribution in [-0.2, 0) is 6.42 Å². The van der Waals surface area contributed by atoms with Gasteiger partial charge in [0, 0.05) is 24.2 Å². The summed E-state index contributed by atoms with van der Waals surface area (Å²) >= 11 is 0. The molecule has 0 aliphatic heterocycles. The Labute approximate surface area is 169 Å². The summed E-state index contributed by atoms with van der Waals surface area (Å²) in [4.78, 5) is 17.3. The van der Waals surface area contributed by atoms with Crippen LogP contribution in [0.25, 0.3) is 16.7 Å². The molecule has 0 saturated heterocycles. The number of carbonyl (C=O) groups is 1. The number of rotatable bonds is 6. The Morgan fingerprint density at radius 3 is 2.69 bits per heavy atom. The van der Waals surface area contributed by atoms with Crippen molar-refractivity contribution in [2.45, 2.75) is 33.2 Å². The van der Waals surface area contributed by atoms with Crippen LogP contribution < -0.4 is 5.32 Å². The van der Waals surface area contributed by atoms with E-state index in [9.17, 15) is 4.79 Å². The van der Waals surface area contributed by atoms with Gasteiger partial charge >= 0.3 is 0 Å². The fourth-order valence-corrected chi connectivity index (χ4v) is 3.30. The third kappa shape index (κ3) is 3.89. The van der Waals surface area contributed by atoms with E-state index in [-0.39, 0.29) is 11.9 Å². The smallest absolute Gasteiger partial charge is 0.253 e. The van der Waals surface area contributed by atoms with Crippen molar-refractivity contribution in [2.24, 2.45) is 0 Å². The molecule has 1 amide bonds. The van der Waals surface area contributed by atoms with Crippen LogP contribution in [0.15, 0.2) is 55.0 Å². The van der Waals surface area contributed by atoms with Crippen LogP contribution in [0.2, 0.25) is 0 Å². The quantitative estimate of drug-likeness (QED) is 0.549. The number of nitrogens with zero attached hydrogens (tertiary/aromatic N) is 5. The maximum absolute atomic E-state index is 12.7. The largest absolute Gasteiger partial charge is 0.352 e. The molecule has 0 spiro atoms. The first kappa shape index (κ1) is 18.9. The highest BCUT2D eigenvalue weighted by Gasteiger charge is 2.15. The molecular formula is C22H24N6O. The number of pyridine rings is 1. The second-order valence-electron chi connectivity index (χ2n) is 7.35. The molecule has 3 aromatic heterocycles. The van der Waals surface area contributed by atoms with E-state index in [0.29, 0.717) is 24.2 Å². The van der Waals surface area contributed by atoms with Crippen LogP contribution in [-0.4, -0.2) is 37.0 Å². The molecule has 7 heteroatoms. The van der Waals surface area contributed by atoms with Gasteiger partial charge in [0.15, 0.2) is 5.65 Å². The topological polar surface area (TPSA) is 77.6 Å². The monoisotopic (exact) mass is 388 g/mol. The van der Waals surface area contributed by atoms with E-state index in [2.05, 4.69) is 34.3 Å². The predicted molar refractivity (Wildman–Crippen MR) is 112 cm³/mol. The Kier molecular flexibility index (Phi) is 5.12. The van der Waals surface area contributed by atoms with Gasteiger partial charge in [-0.2, -0.15) is 10.2 Å². The second kappa shape index (κ2) is 7.87. The zero-order valence-corrected chi connectivity index (χ0v) is 16.8. The average molecular weight is 388 g/mol. The van der Waals surface area contributed by atoms with Crippen molar-refractivity contribution in [1.29, 1.82) is 0 Å². The normalized spacial score (nSPS) is 11.3. The average Bonchev–Trinajstić information content (AvgIpc) is 3.35. The first-order valence-corrected chi connectivity index (χ1v) is 9.75. The Hall–Kier alpha value is -3.48. The minimum absolute atomic E-state index is 0.121. The van der Waals surface area contributed by atoms with E-state index in [1.165, 1.54) is 0 Å². The molecule has 0 unspecified atom stereocenters. The summed E-state index contributed by atoms with van der Waals surface area (Å²) in [5, 5.41) is 12.6. The molecule has 0 atom stereocenters. The van der Waals surface area contributed by atoms with Gasteiger partial charge in [-0.05, 0) is 51.0 Å². The molecule has 29 heavy (non-hydrogen) atoms. The maximum Gasteiger partial charge on any atom is 0.253 e. The van der Waals surface area contributed by atoms with Crippen LogP contribution in [0.3, 0.4) is 0 Å². The molecule has 0 aliphatic carbocycles. The first-order chi connectivity index (χ1) is 14.0. The van der Waals surface area contributed by atoms with Gasteiger partial charge < -0.3 is 5.32 Å². The lowest BCUT2D eigenvalue weighted by Gasteiger charge is -2.09. The molecule has 148 valence electrons. The van der Waals surface area contributed by atoms with Crippen molar-refractivity contribution in [3.05, 3.63) is 71.8 Å². The number of benzene rings is 1. The number of amides is 1. The number of nitrogens with one attached hydrogen (secondary N) is 1. The third-order valence-electron chi connectivity index (χ3n) is 4.85. The van der Waals surface area contributed by atoms with Crippen molar-refractivity contribution in [1.82, 2.24) is 29.9 Å². The Bertz CT molecular complexity index is 1140. The summed E-state index contributed by atoms with van der Waals surface area (Å²) in [5.41, 5.74) is 4.18. The minimum atomic E-state index is -0.121. The van der Waals surface area contributed by atoms with Gasteiger partial charge in [0.05, 0.1) is 29.3 Å². The van der Waals surface area contributed by atoms with Gasteiger partial charge in [-0.15, -0.1) is 0 Å². The minimum Gasteiger partial charge on any atom is -0.352 e. The van der Waals surface area contributed by atoms with E-state index < -0.39 is 0 Å². The van der Waals surface area contributed by atoms with E-state index in [0.717, 1.165) is 22.3 Å². The molecule has 4 aromatic rings. The summed E-state index contributed by atoms with van der Waals surface area (Å²) in [6.45, 7) is 6.51. The van der Waals surface area contributed by atoms with E-state index in [4.69, 9.17) is 0 Å². The lowest BCUT2D eigenvalue weighted by atomic mass is 10.1. The number of fused-ring (bicyclic) bond motifs is 1. The number of hydrogen-bond acceptors (Lipinski definition) is 4. The van der Waals surface area contributed by atoms with E-state index >= 15 is 0 Å². The lowest BCUT2D eigenvalue weighted by Crippen LogP contribution is -2.26. The molecule has 0 radical (unpaired) electrons. The second-order valence-corrected chi connectivity index (χ2v) is 7.35. The maximum atomic E-state index is 12.7. The lowest BCUT2D eigenvalue weighted by molar-refractivity contribution is 0.0953. The Morgan fingerprint density at radius 2 is 1.93 bits per heavy atom. The summed E-state index contributed by atoms with van der Waals surface area (Å²) < 4.78 is 3.71. The number of carbonyl (C=O) groups excluding carboxylic acids is 1. The number of aryl methyl sites for hydroxylation is 1. The summed E-state index contributed by atoms with van der Waals surface area (Å²) in [6.07, 6.45) is 6.29. The molecule has 4 rings (SSSR count). The third-order valence-corrected chi connectivity index (χ3v) is 4.85. The van der Waals surface area contributed by atoms with Gasteiger partial charge in [0.1, 0.15) is 0 Å². The number of para-hydroxylation sites is 1. The molecular weight excluding hydrogens is 364 g/mol. The zero-order valence-electron chi connectivity index (χ0n) is 16.8. The highest BCUT2D eigenvalue weighted by molar-refractivity contribution is 5.98. The molecule has 1 aromatic carbocycles.